The molecule has 0 amide bonds. The molecule has 0 saturated heterocycles. The monoisotopic (exact) mass is 236 g/mol. The summed E-state index contributed by atoms with van der Waals surface area (Å²) in [5.74, 6) is -0.236. The zero-order valence-electron chi connectivity index (χ0n) is 10.6. The molecule has 2 N–H and O–H groups in total. The average Bonchev–Trinajstić information content (AvgIpc) is 2.29. The first-order chi connectivity index (χ1) is 8.06. The molecule has 0 spiro atoms. The third-order valence-electron chi connectivity index (χ3n) is 2.79. The molecule has 2 nitrogen and oxygen atoms in total. The van der Waals surface area contributed by atoms with E-state index in [1.165, 1.54) is 12.1 Å². The van der Waals surface area contributed by atoms with Crippen LogP contribution in [0.2, 0.25) is 0 Å². The minimum Gasteiger partial charge on any atom is -0.374 e. The summed E-state index contributed by atoms with van der Waals surface area (Å²) in [6.45, 7) is 6.48. The summed E-state index contributed by atoms with van der Waals surface area (Å²) in [5.41, 5.74) is 7.72. The highest BCUT2D eigenvalue weighted by Gasteiger charge is 2.11. The van der Waals surface area contributed by atoms with Crippen LogP contribution in [0.1, 0.15) is 31.4 Å². The number of hydrogen-bond acceptors (Lipinski definition) is 2. The Hall–Kier alpha value is -1.35. The van der Waals surface area contributed by atoms with Crippen molar-refractivity contribution in [1.82, 2.24) is 0 Å². The van der Waals surface area contributed by atoms with E-state index in [4.69, 9.17) is 5.73 Å². The standard InChI is InChI=1S/C14H21FN2/c1-4-5-6-9-17(3)14-8-7-12(15)10-13(14)11(2)16/h4,7-8,10-11H,1,5-6,9,16H2,2-3H3/t11-/m0/s1. The second kappa shape index (κ2) is 6.40. The van der Waals surface area contributed by atoms with Gasteiger partial charge >= 0.3 is 0 Å². The SMILES string of the molecule is C=CCCCN(C)c1ccc(F)cc1[C@H](C)N. The largest absolute Gasteiger partial charge is 0.374 e. The summed E-state index contributed by atoms with van der Waals surface area (Å²) in [5, 5.41) is 0. The van der Waals surface area contributed by atoms with Gasteiger partial charge in [-0.25, -0.2) is 4.39 Å². The Morgan fingerprint density at radius 1 is 1.53 bits per heavy atom. The Morgan fingerprint density at radius 3 is 2.82 bits per heavy atom. The van der Waals surface area contributed by atoms with Crippen LogP contribution in [0, 0.1) is 5.82 Å². The fourth-order valence-electron chi connectivity index (χ4n) is 1.83. The fraction of sp³-hybridized carbons (Fsp3) is 0.429. The van der Waals surface area contributed by atoms with Crippen molar-refractivity contribution in [2.45, 2.75) is 25.8 Å². The van der Waals surface area contributed by atoms with Gasteiger partial charge in [0.15, 0.2) is 0 Å². The van der Waals surface area contributed by atoms with E-state index in [0.717, 1.165) is 30.6 Å². The Labute approximate surface area is 103 Å². The molecule has 3 heteroatoms. The van der Waals surface area contributed by atoms with Crippen molar-refractivity contribution < 1.29 is 4.39 Å². The Bertz CT molecular complexity index is 374. The molecule has 17 heavy (non-hydrogen) atoms. The van der Waals surface area contributed by atoms with Crippen molar-refractivity contribution in [3.05, 3.63) is 42.2 Å². The number of rotatable bonds is 6. The van der Waals surface area contributed by atoms with Gasteiger partial charge in [0.2, 0.25) is 0 Å². The molecule has 1 atom stereocenters. The molecule has 0 aromatic heterocycles. The highest BCUT2D eigenvalue weighted by molar-refractivity contribution is 5.54. The first-order valence-electron chi connectivity index (χ1n) is 5.93. The Morgan fingerprint density at radius 2 is 2.24 bits per heavy atom. The molecule has 1 rings (SSSR count). The highest BCUT2D eigenvalue weighted by Crippen LogP contribution is 2.25. The van der Waals surface area contributed by atoms with Gasteiger partial charge in [0.1, 0.15) is 5.82 Å². The lowest BCUT2D eigenvalue weighted by atomic mass is 10.1. The third-order valence-corrected chi connectivity index (χ3v) is 2.79. The number of anilines is 1. The number of nitrogens with zero attached hydrogens (tertiary/aromatic N) is 1. The smallest absolute Gasteiger partial charge is 0.123 e. The molecule has 1 aromatic carbocycles. The number of allylic oxidation sites excluding steroid dienone is 1. The first kappa shape index (κ1) is 13.7. The van der Waals surface area contributed by atoms with Gasteiger partial charge in [0, 0.05) is 25.3 Å². The van der Waals surface area contributed by atoms with E-state index < -0.39 is 0 Å². The van der Waals surface area contributed by atoms with Crippen molar-refractivity contribution in [1.29, 1.82) is 0 Å². The fourth-order valence-corrected chi connectivity index (χ4v) is 1.83. The van der Waals surface area contributed by atoms with Crippen molar-refractivity contribution in [3.8, 4) is 0 Å². The first-order valence-corrected chi connectivity index (χ1v) is 5.93. The van der Waals surface area contributed by atoms with Crippen molar-refractivity contribution in [2.24, 2.45) is 5.73 Å². The second-order valence-electron chi connectivity index (χ2n) is 4.34. The van der Waals surface area contributed by atoms with Gasteiger partial charge in [-0.2, -0.15) is 0 Å². The van der Waals surface area contributed by atoms with Crippen LogP contribution in [0.4, 0.5) is 10.1 Å². The van der Waals surface area contributed by atoms with Gasteiger partial charge in [0.25, 0.3) is 0 Å². The molecule has 0 heterocycles. The summed E-state index contributed by atoms with van der Waals surface area (Å²) < 4.78 is 13.2. The maximum absolute atomic E-state index is 13.2. The minimum atomic E-state index is -0.236. The lowest BCUT2D eigenvalue weighted by Crippen LogP contribution is -2.21. The van der Waals surface area contributed by atoms with Gasteiger partial charge in [-0.3, -0.25) is 0 Å². The molecule has 94 valence electrons. The number of halogens is 1. The zero-order chi connectivity index (χ0) is 12.8. The van der Waals surface area contributed by atoms with Gasteiger partial charge < -0.3 is 10.6 Å². The normalized spacial score (nSPS) is 12.2. The molecule has 0 radical (unpaired) electrons. The summed E-state index contributed by atoms with van der Waals surface area (Å²) in [6.07, 6.45) is 3.93. The maximum Gasteiger partial charge on any atom is 0.123 e. The van der Waals surface area contributed by atoms with E-state index in [9.17, 15) is 4.39 Å². The predicted molar refractivity (Wildman–Crippen MR) is 71.7 cm³/mol. The quantitative estimate of drug-likeness (QED) is 0.607. The molecule has 0 aliphatic heterocycles. The summed E-state index contributed by atoms with van der Waals surface area (Å²) in [6, 6.07) is 4.62. The average molecular weight is 236 g/mol. The van der Waals surface area contributed by atoms with E-state index in [-0.39, 0.29) is 11.9 Å². The van der Waals surface area contributed by atoms with Crippen LogP contribution < -0.4 is 10.6 Å². The second-order valence-corrected chi connectivity index (χ2v) is 4.34. The van der Waals surface area contributed by atoms with E-state index in [0.29, 0.717) is 0 Å². The molecule has 0 fully saturated rings. The summed E-state index contributed by atoms with van der Waals surface area (Å²) >= 11 is 0. The van der Waals surface area contributed by atoms with Crippen molar-refractivity contribution in [3.63, 3.8) is 0 Å². The van der Waals surface area contributed by atoms with E-state index in [1.807, 2.05) is 20.0 Å². The van der Waals surface area contributed by atoms with Crippen LogP contribution in [0.25, 0.3) is 0 Å². The van der Waals surface area contributed by atoms with Gasteiger partial charge in [-0.1, -0.05) is 6.08 Å². The van der Waals surface area contributed by atoms with E-state index in [2.05, 4.69) is 11.5 Å². The van der Waals surface area contributed by atoms with Gasteiger partial charge in [-0.05, 0) is 43.5 Å². The van der Waals surface area contributed by atoms with Crippen LogP contribution in [0.5, 0.6) is 0 Å². The van der Waals surface area contributed by atoms with Crippen LogP contribution in [-0.2, 0) is 0 Å². The Balaban J connectivity index is 2.84. The maximum atomic E-state index is 13.2. The molecular formula is C14H21FN2. The third kappa shape index (κ3) is 3.86. The summed E-state index contributed by atoms with van der Waals surface area (Å²) in [4.78, 5) is 2.11. The molecule has 0 aliphatic carbocycles. The number of nitrogens with two attached hydrogens (primary N) is 1. The molecule has 0 bridgehead atoms. The molecule has 1 aromatic rings. The predicted octanol–water partition coefficient (Wildman–Crippen LogP) is 3.25. The number of benzene rings is 1. The van der Waals surface area contributed by atoms with Crippen LogP contribution in [-0.4, -0.2) is 13.6 Å². The molecule has 0 aliphatic rings. The van der Waals surface area contributed by atoms with Crippen molar-refractivity contribution in [2.75, 3.05) is 18.5 Å². The lowest BCUT2D eigenvalue weighted by molar-refractivity contribution is 0.621. The van der Waals surface area contributed by atoms with Gasteiger partial charge in [0.05, 0.1) is 0 Å². The van der Waals surface area contributed by atoms with E-state index >= 15 is 0 Å². The van der Waals surface area contributed by atoms with Gasteiger partial charge in [-0.15, -0.1) is 6.58 Å². The Kier molecular flexibility index (Phi) is 5.16. The van der Waals surface area contributed by atoms with Crippen LogP contribution in [0.15, 0.2) is 30.9 Å². The summed E-state index contributed by atoms with van der Waals surface area (Å²) in [7, 11) is 2.00. The molecular weight excluding hydrogens is 215 g/mol. The minimum absolute atomic E-state index is 0.164. The lowest BCUT2D eigenvalue weighted by Gasteiger charge is -2.23. The van der Waals surface area contributed by atoms with Crippen LogP contribution in [0.3, 0.4) is 0 Å². The topological polar surface area (TPSA) is 29.3 Å². The van der Waals surface area contributed by atoms with E-state index in [1.54, 1.807) is 6.07 Å². The number of unbranched alkanes of at least 4 members (excludes halogenated alkanes) is 1. The van der Waals surface area contributed by atoms with Crippen molar-refractivity contribution >= 4 is 5.69 Å². The number of hydrogen-bond donors (Lipinski definition) is 1. The highest BCUT2D eigenvalue weighted by atomic mass is 19.1. The van der Waals surface area contributed by atoms with Crippen LogP contribution >= 0.6 is 0 Å². The molecule has 0 unspecified atom stereocenters. The molecule has 0 saturated carbocycles. The zero-order valence-corrected chi connectivity index (χ0v) is 10.6.